The molecule has 6 heteroatoms. The Balaban J connectivity index is 2.05. The highest BCUT2D eigenvalue weighted by Gasteiger charge is 2.24. The molecule has 1 heterocycles. The van der Waals surface area contributed by atoms with Crippen molar-refractivity contribution >= 4 is 5.97 Å². The van der Waals surface area contributed by atoms with Crippen LogP contribution in [0.25, 0.3) is 11.3 Å². The molecule has 1 unspecified atom stereocenters. The average Bonchev–Trinajstić information content (AvgIpc) is 2.93. The molecule has 1 aromatic heterocycles. The summed E-state index contributed by atoms with van der Waals surface area (Å²) in [6.07, 6.45) is 0.120. The number of aliphatic carboxylic acids is 1. The standard InChI is InChI=1S/C20H21N3O3/c1-13-8-10-15(11-9-13)26-19-16(12-17(21)20(24)25)18(22-23(19)2)14-6-4-3-5-7-14/h3-11,17H,12,21H2,1-2H3,(H,24,25). The number of nitrogens with two attached hydrogens (primary N) is 1. The van der Waals surface area contributed by atoms with Gasteiger partial charge in [-0.1, -0.05) is 48.0 Å². The number of hydrogen-bond donors (Lipinski definition) is 2. The van der Waals surface area contributed by atoms with Gasteiger partial charge in [0.25, 0.3) is 0 Å². The number of aromatic nitrogens is 2. The molecule has 134 valence electrons. The van der Waals surface area contributed by atoms with E-state index in [-0.39, 0.29) is 6.42 Å². The summed E-state index contributed by atoms with van der Waals surface area (Å²) in [5.41, 5.74) is 9.15. The monoisotopic (exact) mass is 351 g/mol. The lowest BCUT2D eigenvalue weighted by Crippen LogP contribution is -2.32. The number of rotatable bonds is 6. The summed E-state index contributed by atoms with van der Waals surface area (Å²) in [6, 6.07) is 16.2. The van der Waals surface area contributed by atoms with Gasteiger partial charge in [-0.15, -0.1) is 0 Å². The number of carbonyl (C=O) groups is 1. The fourth-order valence-electron chi connectivity index (χ4n) is 2.72. The van der Waals surface area contributed by atoms with E-state index in [1.54, 1.807) is 11.7 Å². The van der Waals surface area contributed by atoms with Crippen molar-refractivity contribution in [3.8, 4) is 22.9 Å². The fraction of sp³-hybridized carbons (Fsp3) is 0.200. The minimum atomic E-state index is -1.06. The number of aryl methyl sites for hydroxylation is 2. The Morgan fingerprint density at radius 3 is 2.46 bits per heavy atom. The Bertz CT molecular complexity index is 902. The Morgan fingerprint density at radius 2 is 1.85 bits per heavy atom. The topological polar surface area (TPSA) is 90.4 Å². The van der Waals surface area contributed by atoms with Crippen molar-refractivity contribution in [2.24, 2.45) is 12.8 Å². The van der Waals surface area contributed by atoms with E-state index in [1.165, 1.54) is 0 Å². The molecule has 6 nitrogen and oxygen atoms in total. The average molecular weight is 351 g/mol. The van der Waals surface area contributed by atoms with Crippen molar-refractivity contribution in [1.82, 2.24) is 9.78 Å². The van der Waals surface area contributed by atoms with Crippen molar-refractivity contribution in [2.75, 3.05) is 0 Å². The zero-order chi connectivity index (χ0) is 18.7. The second kappa shape index (κ2) is 7.41. The zero-order valence-electron chi connectivity index (χ0n) is 14.7. The van der Waals surface area contributed by atoms with E-state index in [9.17, 15) is 9.90 Å². The molecule has 2 aromatic carbocycles. The van der Waals surface area contributed by atoms with Gasteiger partial charge >= 0.3 is 5.97 Å². The van der Waals surface area contributed by atoms with Crippen molar-refractivity contribution < 1.29 is 14.6 Å². The second-order valence-corrected chi connectivity index (χ2v) is 6.19. The van der Waals surface area contributed by atoms with Crippen LogP contribution in [-0.4, -0.2) is 26.9 Å². The third kappa shape index (κ3) is 3.75. The van der Waals surface area contributed by atoms with Gasteiger partial charge < -0.3 is 15.6 Å². The first-order valence-corrected chi connectivity index (χ1v) is 8.30. The van der Waals surface area contributed by atoms with Gasteiger partial charge in [-0.05, 0) is 19.1 Å². The maximum absolute atomic E-state index is 11.3. The van der Waals surface area contributed by atoms with Gasteiger partial charge in [0.05, 0.1) is 5.69 Å². The predicted molar refractivity (Wildman–Crippen MR) is 99.2 cm³/mol. The van der Waals surface area contributed by atoms with Crippen LogP contribution in [0.3, 0.4) is 0 Å². The van der Waals surface area contributed by atoms with Gasteiger partial charge in [0, 0.05) is 24.6 Å². The molecule has 3 rings (SSSR count). The van der Waals surface area contributed by atoms with Crippen LogP contribution in [0.1, 0.15) is 11.1 Å². The molecule has 26 heavy (non-hydrogen) atoms. The molecule has 0 fully saturated rings. The van der Waals surface area contributed by atoms with E-state index in [0.717, 1.165) is 11.1 Å². The molecule has 3 aromatic rings. The third-order valence-corrected chi connectivity index (χ3v) is 4.11. The van der Waals surface area contributed by atoms with Crippen LogP contribution < -0.4 is 10.5 Å². The summed E-state index contributed by atoms with van der Waals surface area (Å²) < 4.78 is 7.65. The van der Waals surface area contributed by atoms with Crippen LogP contribution in [-0.2, 0) is 18.3 Å². The molecule has 0 aliphatic heterocycles. The van der Waals surface area contributed by atoms with Gasteiger partial charge in [-0.2, -0.15) is 5.10 Å². The molecular formula is C20H21N3O3. The van der Waals surface area contributed by atoms with Crippen LogP contribution in [0, 0.1) is 6.92 Å². The minimum absolute atomic E-state index is 0.120. The molecule has 0 aliphatic rings. The largest absolute Gasteiger partial charge is 0.480 e. The molecule has 0 radical (unpaired) electrons. The maximum Gasteiger partial charge on any atom is 0.320 e. The van der Waals surface area contributed by atoms with E-state index in [4.69, 9.17) is 10.5 Å². The third-order valence-electron chi connectivity index (χ3n) is 4.11. The highest BCUT2D eigenvalue weighted by atomic mass is 16.5. The first-order chi connectivity index (χ1) is 12.5. The van der Waals surface area contributed by atoms with Gasteiger partial charge in [-0.25, -0.2) is 4.68 Å². The quantitative estimate of drug-likeness (QED) is 0.712. The molecule has 1 atom stereocenters. The lowest BCUT2D eigenvalue weighted by Gasteiger charge is -2.11. The molecule has 3 N–H and O–H groups in total. The van der Waals surface area contributed by atoms with E-state index in [1.807, 2.05) is 61.5 Å². The van der Waals surface area contributed by atoms with E-state index < -0.39 is 12.0 Å². The highest BCUT2D eigenvalue weighted by molar-refractivity contribution is 5.75. The molecular weight excluding hydrogens is 330 g/mol. The van der Waals surface area contributed by atoms with Gasteiger partial charge in [0.15, 0.2) is 0 Å². The predicted octanol–water partition coefficient (Wildman–Crippen LogP) is 3.14. The Kier molecular flexibility index (Phi) is 5.04. The lowest BCUT2D eigenvalue weighted by atomic mass is 10.0. The van der Waals surface area contributed by atoms with Crippen LogP contribution in [0.2, 0.25) is 0 Å². The number of hydrogen-bond acceptors (Lipinski definition) is 4. The van der Waals surface area contributed by atoms with Crippen LogP contribution in [0.15, 0.2) is 54.6 Å². The second-order valence-electron chi connectivity index (χ2n) is 6.19. The summed E-state index contributed by atoms with van der Waals surface area (Å²) in [5, 5.41) is 13.8. The van der Waals surface area contributed by atoms with Crippen LogP contribution in [0.4, 0.5) is 0 Å². The van der Waals surface area contributed by atoms with E-state index in [0.29, 0.717) is 22.9 Å². The molecule has 0 bridgehead atoms. The molecule has 0 saturated carbocycles. The first-order valence-electron chi connectivity index (χ1n) is 8.30. The molecule has 0 saturated heterocycles. The number of ether oxygens (including phenoxy) is 1. The van der Waals surface area contributed by atoms with Crippen molar-refractivity contribution in [1.29, 1.82) is 0 Å². The SMILES string of the molecule is Cc1ccc(Oc2c(CC(N)C(=O)O)c(-c3ccccc3)nn2C)cc1. The maximum atomic E-state index is 11.3. The number of carboxylic acid groups (broad SMARTS) is 1. The zero-order valence-corrected chi connectivity index (χ0v) is 14.7. The van der Waals surface area contributed by atoms with Crippen molar-refractivity contribution in [2.45, 2.75) is 19.4 Å². The smallest absolute Gasteiger partial charge is 0.320 e. The minimum Gasteiger partial charge on any atom is -0.480 e. The van der Waals surface area contributed by atoms with Crippen LogP contribution >= 0.6 is 0 Å². The Hall–Kier alpha value is -3.12. The van der Waals surface area contributed by atoms with E-state index >= 15 is 0 Å². The summed E-state index contributed by atoms with van der Waals surface area (Å²) in [4.78, 5) is 11.3. The first kappa shape index (κ1) is 17.7. The summed E-state index contributed by atoms with van der Waals surface area (Å²) in [7, 11) is 1.77. The van der Waals surface area contributed by atoms with Crippen molar-refractivity contribution in [3.63, 3.8) is 0 Å². The number of benzene rings is 2. The Labute approximate surface area is 151 Å². The van der Waals surface area contributed by atoms with Gasteiger partial charge in [-0.3, -0.25) is 4.79 Å². The van der Waals surface area contributed by atoms with Gasteiger partial charge in [0.1, 0.15) is 11.8 Å². The summed E-state index contributed by atoms with van der Waals surface area (Å²) in [5.74, 6) is 0.0851. The summed E-state index contributed by atoms with van der Waals surface area (Å²) in [6.45, 7) is 2.00. The normalized spacial score (nSPS) is 12.0. The Morgan fingerprint density at radius 1 is 1.19 bits per heavy atom. The molecule has 0 amide bonds. The number of nitrogens with zero attached hydrogens (tertiary/aromatic N) is 2. The lowest BCUT2D eigenvalue weighted by molar-refractivity contribution is -0.138. The fourth-order valence-corrected chi connectivity index (χ4v) is 2.72. The highest BCUT2D eigenvalue weighted by Crippen LogP contribution is 2.34. The number of carboxylic acids is 1. The molecule has 0 spiro atoms. The van der Waals surface area contributed by atoms with Crippen molar-refractivity contribution in [3.05, 3.63) is 65.7 Å². The summed E-state index contributed by atoms with van der Waals surface area (Å²) >= 11 is 0. The molecule has 0 aliphatic carbocycles. The van der Waals surface area contributed by atoms with E-state index in [2.05, 4.69) is 5.10 Å². The van der Waals surface area contributed by atoms with Crippen LogP contribution in [0.5, 0.6) is 11.6 Å². The van der Waals surface area contributed by atoms with Gasteiger partial charge in [0.2, 0.25) is 5.88 Å².